The second-order valence-corrected chi connectivity index (χ2v) is 15.3. The van der Waals surface area contributed by atoms with E-state index in [1.165, 1.54) is 38.5 Å². The molecule has 5 heterocycles. The van der Waals surface area contributed by atoms with Crippen molar-refractivity contribution in [3.63, 3.8) is 0 Å². The minimum Gasteiger partial charge on any atom is -0.369 e. The third kappa shape index (κ3) is 5.27. The topological polar surface area (TPSA) is 78.9 Å². The second kappa shape index (κ2) is 12.2. The van der Waals surface area contributed by atoms with Gasteiger partial charge < -0.3 is 14.5 Å². The first-order valence-corrected chi connectivity index (χ1v) is 18.0. The molecule has 44 heavy (non-hydrogen) atoms. The lowest BCUT2D eigenvalue weighted by atomic mass is 9.65. The van der Waals surface area contributed by atoms with Crippen molar-refractivity contribution in [2.45, 2.75) is 132 Å². The van der Waals surface area contributed by atoms with E-state index in [2.05, 4.69) is 37.9 Å². The molecule has 6 fully saturated rings. The Kier molecular flexibility index (Phi) is 8.12. The Morgan fingerprint density at radius 1 is 0.977 bits per heavy atom. The standard InChI is InChI=1S/C36H51N5O3/c1-39-16-5-9-26(39)8-4-10-32(42)28-22-41-31-18-23-6-2-3-7-24(23)19-33(31)44-36-30(12-11-27(34(36)41)35(28)43)40-17-13-25(21-40)29-20-37-14-15-38-29/h14-15,20,22-27,30-31,33-34,36H,2-13,16-19,21H2,1H3/t23?,24?,25-,26-,27?,30?,31?,33?,34?,36?/m1/s1. The Hall–Kier alpha value is -2.16. The molecule has 238 valence electrons. The van der Waals surface area contributed by atoms with Gasteiger partial charge in [0.1, 0.15) is 0 Å². The quantitative estimate of drug-likeness (QED) is 0.415. The van der Waals surface area contributed by atoms with E-state index in [0.717, 1.165) is 82.1 Å². The summed E-state index contributed by atoms with van der Waals surface area (Å²) in [6.45, 7) is 3.17. The number of likely N-dealkylation sites (tertiary alicyclic amines) is 2. The first-order chi connectivity index (χ1) is 21.5. The number of aromatic nitrogens is 2. The van der Waals surface area contributed by atoms with Crippen molar-refractivity contribution in [3.8, 4) is 0 Å². The van der Waals surface area contributed by atoms with Gasteiger partial charge in [-0.1, -0.05) is 25.7 Å². The first kappa shape index (κ1) is 29.3. The highest BCUT2D eigenvalue weighted by molar-refractivity contribution is 6.21. The van der Waals surface area contributed by atoms with E-state index in [-0.39, 0.29) is 41.8 Å². The fourth-order valence-corrected chi connectivity index (χ4v) is 10.7. The maximum atomic E-state index is 14.1. The Balaban J connectivity index is 1.05. The summed E-state index contributed by atoms with van der Waals surface area (Å²) in [5, 5.41) is 0. The molecule has 1 aromatic rings. The monoisotopic (exact) mass is 601 g/mol. The summed E-state index contributed by atoms with van der Waals surface area (Å²) in [4.78, 5) is 44.5. The molecular weight excluding hydrogens is 550 g/mol. The smallest absolute Gasteiger partial charge is 0.173 e. The molecule has 0 bridgehead atoms. The molecule has 0 spiro atoms. The normalized spacial score (nSPS) is 40.7. The van der Waals surface area contributed by atoms with E-state index in [4.69, 9.17) is 4.74 Å². The Bertz CT molecular complexity index is 1260. The fourth-order valence-electron chi connectivity index (χ4n) is 10.7. The predicted molar refractivity (Wildman–Crippen MR) is 168 cm³/mol. The largest absolute Gasteiger partial charge is 0.369 e. The zero-order valence-electron chi connectivity index (χ0n) is 26.6. The van der Waals surface area contributed by atoms with Gasteiger partial charge in [0.25, 0.3) is 0 Å². The van der Waals surface area contributed by atoms with Crippen LogP contribution in [-0.4, -0.2) is 99.3 Å². The summed E-state index contributed by atoms with van der Waals surface area (Å²) >= 11 is 0. The van der Waals surface area contributed by atoms with Crippen LogP contribution in [0.15, 0.2) is 30.4 Å². The third-order valence-electron chi connectivity index (χ3n) is 13.0. The average Bonchev–Trinajstić information content (AvgIpc) is 3.71. The van der Waals surface area contributed by atoms with E-state index in [1.807, 2.05) is 6.20 Å². The van der Waals surface area contributed by atoms with Crippen LogP contribution in [-0.2, 0) is 14.3 Å². The lowest BCUT2D eigenvalue weighted by Gasteiger charge is -2.61. The molecule has 8 rings (SSSR count). The number of allylic oxidation sites excluding steroid dienone is 1. The lowest BCUT2D eigenvalue weighted by molar-refractivity contribution is -0.210. The molecule has 4 aliphatic heterocycles. The molecule has 3 saturated heterocycles. The number of ether oxygens (including phenoxy) is 1. The van der Waals surface area contributed by atoms with Gasteiger partial charge >= 0.3 is 0 Å². The number of nitrogens with zero attached hydrogens (tertiary/aromatic N) is 5. The molecule has 10 atom stereocenters. The van der Waals surface area contributed by atoms with Crippen molar-refractivity contribution in [1.29, 1.82) is 0 Å². The van der Waals surface area contributed by atoms with E-state index in [0.29, 0.717) is 30.0 Å². The van der Waals surface area contributed by atoms with E-state index in [1.54, 1.807) is 12.4 Å². The molecule has 8 nitrogen and oxygen atoms in total. The maximum absolute atomic E-state index is 14.1. The van der Waals surface area contributed by atoms with Gasteiger partial charge in [0.15, 0.2) is 11.6 Å². The molecule has 0 radical (unpaired) electrons. The van der Waals surface area contributed by atoms with Crippen LogP contribution >= 0.6 is 0 Å². The summed E-state index contributed by atoms with van der Waals surface area (Å²) < 4.78 is 7.24. The predicted octanol–water partition coefficient (Wildman–Crippen LogP) is 4.75. The number of ketones is 2. The highest BCUT2D eigenvalue weighted by Gasteiger charge is 2.58. The van der Waals surface area contributed by atoms with Gasteiger partial charge in [0.05, 0.1) is 35.6 Å². The third-order valence-corrected chi connectivity index (χ3v) is 13.0. The SMILES string of the molecule is CN1CCC[C@H]1CCCC(=O)C1=CN2C3CC4CCCCC4CC3OC3C(N4CC[C@@H](c5cnccn5)C4)CCC(C1=O)C32. The zero-order valence-corrected chi connectivity index (χ0v) is 26.6. The van der Waals surface area contributed by atoms with Crippen LogP contribution in [0.1, 0.15) is 102 Å². The molecule has 0 N–H and O–H groups in total. The van der Waals surface area contributed by atoms with Gasteiger partial charge in [-0.25, -0.2) is 0 Å². The molecule has 1 aromatic heterocycles. The number of rotatable bonds is 7. The van der Waals surface area contributed by atoms with Crippen LogP contribution in [0.25, 0.3) is 0 Å². The second-order valence-electron chi connectivity index (χ2n) is 15.3. The molecule has 8 unspecified atom stereocenters. The average molecular weight is 602 g/mol. The van der Waals surface area contributed by atoms with E-state index >= 15 is 0 Å². The van der Waals surface area contributed by atoms with Crippen molar-refractivity contribution >= 4 is 11.6 Å². The lowest BCUT2D eigenvalue weighted by Crippen LogP contribution is -2.71. The van der Waals surface area contributed by atoms with Crippen molar-refractivity contribution < 1.29 is 14.3 Å². The zero-order chi connectivity index (χ0) is 29.8. The minimum absolute atomic E-state index is 0.00510. The van der Waals surface area contributed by atoms with Crippen LogP contribution in [0, 0.1) is 17.8 Å². The molecule has 3 saturated carbocycles. The molecular formula is C36H51N5O3. The summed E-state index contributed by atoms with van der Waals surface area (Å²) in [6, 6.07) is 1.21. The summed E-state index contributed by atoms with van der Waals surface area (Å²) in [6.07, 6.45) is 23.2. The van der Waals surface area contributed by atoms with Crippen molar-refractivity contribution in [1.82, 2.24) is 24.7 Å². The van der Waals surface area contributed by atoms with Gasteiger partial charge in [-0.2, -0.15) is 0 Å². The highest BCUT2D eigenvalue weighted by atomic mass is 16.5. The highest BCUT2D eigenvalue weighted by Crippen LogP contribution is 2.51. The van der Waals surface area contributed by atoms with E-state index < -0.39 is 0 Å². The van der Waals surface area contributed by atoms with Gasteiger partial charge in [0.2, 0.25) is 0 Å². The number of fused-ring (bicyclic) bond motifs is 3. The van der Waals surface area contributed by atoms with Crippen LogP contribution in [0.5, 0.6) is 0 Å². The van der Waals surface area contributed by atoms with Crippen LogP contribution < -0.4 is 0 Å². The number of morpholine rings is 1. The van der Waals surface area contributed by atoms with Crippen LogP contribution in [0.2, 0.25) is 0 Å². The van der Waals surface area contributed by atoms with Gasteiger partial charge in [-0.05, 0) is 89.8 Å². The molecule has 7 aliphatic rings. The maximum Gasteiger partial charge on any atom is 0.173 e. The van der Waals surface area contributed by atoms with Crippen molar-refractivity contribution in [3.05, 3.63) is 36.1 Å². The number of hydrogen-bond donors (Lipinski definition) is 0. The van der Waals surface area contributed by atoms with Gasteiger partial charge in [-0.15, -0.1) is 0 Å². The summed E-state index contributed by atoms with van der Waals surface area (Å²) in [5.41, 5.74) is 1.59. The molecule has 3 aliphatic carbocycles. The van der Waals surface area contributed by atoms with Gasteiger partial charge in [-0.3, -0.25) is 24.5 Å². The van der Waals surface area contributed by atoms with Crippen molar-refractivity contribution in [2.75, 3.05) is 26.7 Å². The number of hydrogen-bond acceptors (Lipinski definition) is 8. The molecule has 0 amide bonds. The minimum atomic E-state index is -0.135. The summed E-state index contributed by atoms with van der Waals surface area (Å²) in [5.74, 6) is 1.95. The number of carbonyl (C=O) groups is 2. The van der Waals surface area contributed by atoms with E-state index in [9.17, 15) is 9.59 Å². The van der Waals surface area contributed by atoms with Gasteiger partial charge in [0, 0.05) is 61.7 Å². The first-order valence-electron chi connectivity index (χ1n) is 18.0. The number of carbonyl (C=O) groups excluding carboxylic acids is 2. The van der Waals surface area contributed by atoms with Crippen LogP contribution in [0.4, 0.5) is 0 Å². The van der Waals surface area contributed by atoms with Crippen LogP contribution in [0.3, 0.4) is 0 Å². The fraction of sp³-hybridized carbons (Fsp3) is 0.778. The Morgan fingerprint density at radius 2 is 1.84 bits per heavy atom. The Labute approximate surface area is 263 Å². The molecule has 0 aromatic carbocycles. The molecule has 8 heteroatoms. The summed E-state index contributed by atoms with van der Waals surface area (Å²) in [7, 11) is 2.20. The Morgan fingerprint density at radius 3 is 2.64 bits per heavy atom. The van der Waals surface area contributed by atoms with Crippen molar-refractivity contribution in [2.24, 2.45) is 17.8 Å². The number of Topliss-reactive ketones (excluding diaryl/α,β-unsaturated/α-hetero) is 2.